The largest absolute Gasteiger partial charge is 0.480 e. The average Bonchev–Trinajstić information content (AvgIpc) is 2.27. The van der Waals surface area contributed by atoms with Crippen molar-refractivity contribution in [2.75, 3.05) is 13.2 Å². The van der Waals surface area contributed by atoms with Crippen LogP contribution >= 0.6 is 0 Å². The van der Waals surface area contributed by atoms with Crippen LogP contribution in [0.4, 0.5) is 0 Å². The van der Waals surface area contributed by atoms with Gasteiger partial charge in [-0.3, -0.25) is 4.79 Å². The molecule has 106 valence electrons. The standard InChI is InChI=1S/C13H25NO4/c1-4-5-6-7-18-9-12(15)14-11(13(16)17)8-10(2)3/h10-11H,4-9H2,1-3H3,(H,14,15)(H,16,17)/t11-/m1/s1. The molecule has 0 heterocycles. The van der Waals surface area contributed by atoms with Gasteiger partial charge in [0, 0.05) is 6.61 Å². The third kappa shape index (κ3) is 8.98. The van der Waals surface area contributed by atoms with Crippen molar-refractivity contribution in [1.29, 1.82) is 0 Å². The molecule has 1 atom stereocenters. The van der Waals surface area contributed by atoms with Crippen molar-refractivity contribution in [2.45, 2.75) is 52.5 Å². The van der Waals surface area contributed by atoms with Gasteiger partial charge in [-0.1, -0.05) is 33.6 Å². The number of nitrogens with one attached hydrogen (secondary N) is 1. The van der Waals surface area contributed by atoms with Gasteiger partial charge in [-0.15, -0.1) is 0 Å². The second-order valence-electron chi connectivity index (χ2n) is 4.85. The molecular weight excluding hydrogens is 234 g/mol. The molecule has 0 aromatic rings. The highest BCUT2D eigenvalue weighted by atomic mass is 16.5. The minimum atomic E-state index is -0.997. The van der Waals surface area contributed by atoms with Crippen LogP contribution < -0.4 is 5.32 Å². The zero-order valence-electron chi connectivity index (χ0n) is 11.6. The van der Waals surface area contributed by atoms with Gasteiger partial charge in [-0.05, 0) is 18.8 Å². The van der Waals surface area contributed by atoms with E-state index in [1.54, 1.807) is 0 Å². The molecule has 0 aliphatic carbocycles. The Morgan fingerprint density at radius 3 is 2.44 bits per heavy atom. The number of unbranched alkanes of at least 4 members (excludes halogenated alkanes) is 2. The van der Waals surface area contributed by atoms with Crippen molar-refractivity contribution in [2.24, 2.45) is 5.92 Å². The Bertz CT molecular complexity index is 253. The maximum atomic E-state index is 11.5. The van der Waals surface area contributed by atoms with Gasteiger partial charge in [-0.25, -0.2) is 4.79 Å². The van der Waals surface area contributed by atoms with Crippen LogP contribution in [0.25, 0.3) is 0 Å². The molecule has 0 saturated carbocycles. The number of amides is 1. The maximum absolute atomic E-state index is 11.5. The van der Waals surface area contributed by atoms with Crippen LogP contribution in [0.5, 0.6) is 0 Å². The molecule has 0 fully saturated rings. The van der Waals surface area contributed by atoms with E-state index in [1.807, 2.05) is 13.8 Å². The molecule has 0 aliphatic heterocycles. The zero-order chi connectivity index (χ0) is 14.0. The lowest BCUT2D eigenvalue weighted by Gasteiger charge is -2.16. The van der Waals surface area contributed by atoms with Crippen LogP contribution in [0.1, 0.15) is 46.5 Å². The molecule has 0 radical (unpaired) electrons. The lowest BCUT2D eigenvalue weighted by atomic mass is 10.0. The molecule has 0 aliphatic rings. The normalized spacial score (nSPS) is 12.4. The fraction of sp³-hybridized carbons (Fsp3) is 0.846. The van der Waals surface area contributed by atoms with Crippen molar-refractivity contribution in [3.63, 3.8) is 0 Å². The number of carbonyl (C=O) groups is 2. The van der Waals surface area contributed by atoms with Gasteiger partial charge in [0.2, 0.25) is 5.91 Å². The molecule has 0 aromatic heterocycles. The lowest BCUT2D eigenvalue weighted by Crippen LogP contribution is -2.43. The Balaban J connectivity index is 3.85. The molecule has 5 nitrogen and oxygen atoms in total. The fourth-order valence-corrected chi connectivity index (χ4v) is 1.55. The number of hydrogen-bond acceptors (Lipinski definition) is 3. The van der Waals surface area contributed by atoms with Gasteiger partial charge in [0.1, 0.15) is 12.6 Å². The Morgan fingerprint density at radius 1 is 1.28 bits per heavy atom. The summed E-state index contributed by atoms with van der Waals surface area (Å²) in [6, 6.07) is -0.822. The van der Waals surface area contributed by atoms with Crippen molar-refractivity contribution >= 4 is 11.9 Å². The number of rotatable bonds is 10. The first-order valence-electron chi connectivity index (χ1n) is 6.57. The van der Waals surface area contributed by atoms with Crippen LogP contribution in [0.3, 0.4) is 0 Å². The Hall–Kier alpha value is -1.10. The van der Waals surface area contributed by atoms with E-state index < -0.39 is 12.0 Å². The van der Waals surface area contributed by atoms with E-state index >= 15 is 0 Å². The highest BCUT2D eigenvalue weighted by Gasteiger charge is 2.20. The SMILES string of the molecule is CCCCCOCC(=O)N[C@H](CC(C)C)C(=O)O. The van der Waals surface area contributed by atoms with Crippen LogP contribution in [-0.4, -0.2) is 36.2 Å². The first kappa shape index (κ1) is 16.9. The quantitative estimate of drug-likeness (QED) is 0.587. The zero-order valence-corrected chi connectivity index (χ0v) is 11.6. The summed E-state index contributed by atoms with van der Waals surface area (Å²) < 4.78 is 5.18. The van der Waals surface area contributed by atoms with Crippen molar-refractivity contribution in [3.8, 4) is 0 Å². The number of carboxylic acids is 1. The van der Waals surface area contributed by atoms with E-state index in [0.717, 1.165) is 19.3 Å². The summed E-state index contributed by atoms with van der Waals surface area (Å²) in [4.78, 5) is 22.4. The number of aliphatic carboxylic acids is 1. The summed E-state index contributed by atoms with van der Waals surface area (Å²) in [5.74, 6) is -1.14. The molecule has 0 rings (SSSR count). The number of hydrogen-bond donors (Lipinski definition) is 2. The van der Waals surface area contributed by atoms with Crippen LogP contribution in [0.15, 0.2) is 0 Å². The summed E-state index contributed by atoms with van der Waals surface area (Å²) >= 11 is 0. The molecule has 1 amide bonds. The van der Waals surface area contributed by atoms with Crippen molar-refractivity contribution < 1.29 is 19.4 Å². The summed E-state index contributed by atoms with van der Waals surface area (Å²) in [5.41, 5.74) is 0. The first-order valence-corrected chi connectivity index (χ1v) is 6.57. The number of ether oxygens (including phenoxy) is 1. The molecule has 2 N–H and O–H groups in total. The van der Waals surface area contributed by atoms with E-state index in [-0.39, 0.29) is 18.4 Å². The predicted octanol–water partition coefficient (Wildman–Crippen LogP) is 1.81. The van der Waals surface area contributed by atoms with Crippen LogP contribution in [0.2, 0.25) is 0 Å². The number of carboxylic acid groups (broad SMARTS) is 1. The molecule has 0 unspecified atom stereocenters. The van der Waals surface area contributed by atoms with Gasteiger partial charge in [0.05, 0.1) is 0 Å². The van der Waals surface area contributed by atoms with E-state index in [0.29, 0.717) is 13.0 Å². The Morgan fingerprint density at radius 2 is 1.94 bits per heavy atom. The van der Waals surface area contributed by atoms with Crippen molar-refractivity contribution in [3.05, 3.63) is 0 Å². The molecule has 5 heteroatoms. The summed E-state index contributed by atoms with van der Waals surface area (Å²) in [6.45, 7) is 6.41. The third-order valence-electron chi connectivity index (χ3n) is 2.47. The minimum absolute atomic E-state index is 0.0639. The summed E-state index contributed by atoms with van der Waals surface area (Å²) in [6.07, 6.45) is 3.53. The molecule has 0 saturated heterocycles. The predicted molar refractivity (Wildman–Crippen MR) is 69.4 cm³/mol. The topological polar surface area (TPSA) is 75.6 Å². The highest BCUT2D eigenvalue weighted by Crippen LogP contribution is 2.04. The molecule has 0 spiro atoms. The lowest BCUT2D eigenvalue weighted by molar-refractivity contribution is -0.143. The van der Waals surface area contributed by atoms with Crippen molar-refractivity contribution in [1.82, 2.24) is 5.32 Å². The first-order chi connectivity index (χ1) is 8.47. The van der Waals surface area contributed by atoms with Crippen LogP contribution in [0, 0.1) is 5.92 Å². The van der Waals surface area contributed by atoms with E-state index in [9.17, 15) is 9.59 Å². The molecule has 0 bridgehead atoms. The minimum Gasteiger partial charge on any atom is -0.480 e. The molecule has 0 aromatic carbocycles. The van der Waals surface area contributed by atoms with Gasteiger partial charge in [0.15, 0.2) is 0 Å². The Labute approximate surface area is 109 Å². The Kier molecular flexibility index (Phi) is 9.28. The summed E-state index contributed by atoms with van der Waals surface area (Å²) in [5, 5.41) is 11.4. The van der Waals surface area contributed by atoms with Gasteiger partial charge in [0.25, 0.3) is 0 Å². The fourth-order valence-electron chi connectivity index (χ4n) is 1.55. The van der Waals surface area contributed by atoms with Crippen LogP contribution in [-0.2, 0) is 14.3 Å². The molecular formula is C13H25NO4. The molecule has 18 heavy (non-hydrogen) atoms. The smallest absolute Gasteiger partial charge is 0.326 e. The van der Waals surface area contributed by atoms with Gasteiger partial charge < -0.3 is 15.2 Å². The maximum Gasteiger partial charge on any atom is 0.326 e. The average molecular weight is 259 g/mol. The summed E-state index contributed by atoms with van der Waals surface area (Å²) in [7, 11) is 0. The highest BCUT2D eigenvalue weighted by molar-refractivity contribution is 5.84. The third-order valence-corrected chi connectivity index (χ3v) is 2.47. The second kappa shape index (κ2) is 9.88. The van der Waals surface area contributed by atoms with E-state index in [2.05, 4.69) is 12.2 Å². The second-order valence-corrected chi connectivity index (χ2v) is 4.85. The number of carbonyl (C=O) groups excluding carboxylic acids is 1. The van der Waals surface area contributed by atoms with E-state index in [4.69, 9.17) is 9.84 Å². The monoisotopic (exact) mass is 259 g/mol. The van der Waals surface area contributed by atoms with E-state index in [1.165, 1.54) is 0 Å². The van der Waals surface area contributed by atoms with Gasteiger partial charge >= 0.3 is 5.97 Å². The van der Waals surface area contributed by atoms with Gasteiger partial charge in [-0.2, -0.15) is 0 Å².